The van der Waals surface area contributed by atoms with Gasteiger partial charge in [0, 0.05) is 0 Å². The van der Waals surface area contributed by atoms with Gasteiger partial charge >= 0.3 is 5.17 Å². The Morgan fingerprint density at radius 3 is 3.40 bits per heavy atom. The van der Waals surface area contributed by atoms with E-state index >= 15 is 0 Å². The van der Waals surface area contributed by atoms with E-state index < -0.39 is 0 Å². The second-order valence-electron chi connectivity index (χ2n) is 2.12. The Morgan fingerprint density at radius 2 is 2.70 bits per heavy atom. The van der Waals surface area contributed by atoms with E-state index in [1.807, 2.05) is 10.8 Å². The van der Waals surface area contributed by atoms with Gasteiger partial charge in [-0.25, -0.2) is 0 Å². The summed E-state index contributed by atoms with van der Waals surface area (Å²) in [5.41, 5.74) is 6.38. The van der Waals surface area contributed by atoms with Crippen molar-refractivity contribution in [2.75, 3.05) is 12.3 Å². The van der Waals surface area contributed by atoms with Gasteiger partial charge in [0.05, 0.1) is 18.5 Å². The maximum atomic E-state index is 5.41. The number of nitrogens with two attached hydrogens (primary N) is 1. The van der Waals surface area contributed by atoms with Crippen LogP contribution in [0.3, 0.4) is 0 Å². The van der Waals surface area contributed by atoms with Gasteiger partial charge in [-0.1, -0.05) is 0 Å². The first kappa shape index (κ1) is 6.12. The fourth-order valence-corrected chi connectivity index (χ4v) is 1.80. The summed E-state index contributed by atoms with van der Waals surface area (Å²) >= 11 is 1.74. The third kappa shape index (κ3) is 0.803. The van der Waals surface area contributed by atoms with Crippen molar-refractivity contribution in [3.8, 4) is 0 Å². The normalized spacial score (nSPS) is 21.9. The van der Waals surface area contributed by atoms with Crippen molar-refractivity contribution in [2.45, 2.75) is 0 Å². The molecule has 2 rings (SSSR count). The highest BCUT2D eigenvalue weighted by Gasteiger charge is 2.27. The Hall–Kier alpha value is -0.610. The summed E-state index contributed by atoms with van der Waals surface area (Å²) in [7, 11) is 0. The van der Waals surface area contributed by atoms with E-state index in [4.69, 9.17) is 5.73 Å². The zero-order valence-corrected chi connectivity index (χ0v) is 6.27. The summed E-state index contributed by atoms with van der Waals surface area (Å²) in [6, 6.07) is 0. The summed E-state index contributed by atoms with van der Waals surface area (Å²) in [6.45, 7) is 0.536. The molecule has 0 amide bonds. The van der Waals surface area contributed by atoms with E-state index in [1.165, 1.54) is 0 Å². The molecule has 4 heteroatoms. The maximum absolute atomic E-state index is 5.41. The third-order valence-electron chi connectivity index (χ3n) is 1.44. The topological polar surface area (TPSA) is 41.4 Å². The number of fused-ring (bicyclic) bond motifs is 1. The molecule has 0 unspecified atom stereocenters. The summed E-state index contributed by atoms with van der Waals surface area (Å²) in [6.07, 6.45) is 4.08. The van der Waals surface area contributed by atoms with Crippen LogP contribution >= 0.6 is 11.8 Å². The first-order valence-corrected chi connectivity index (χ1v) is 4.12. The fraction of sp³-hybridized carbons (Fsp3) is 0.333. The lowest BCUT2D eigenvalue weighted by atomic mass is 10.5. The van der Waals surface area contributed by atoms with Crippen molar-refractivity contribution < 1.29 is 4.58 Å². The molecule has 0 bridgehead atoms. The summed E-state index contributed by atoms with van der Waals surface area (Å²) in [5.74, 6) is 1.03. The van der Waals surface area contributed by atoms with Crippen LogP contribution in [0.25, 0.3) is 0 Å². The Labute approximate surface area is 63.3 Å². The minimum Gasteiger partial charge on any atom is -0.323 e. The van der Waals surface area contributed by atoms with E-state index in [0.717, 1.165) is 16.6 Å². The molecule has 0 atom stereocenters. The molecule has 0 spiro atoms. The largest absolute Gasteiger partial charge is 0.364 e. The Balaban J connectivity index is 2.33. The highest BCUT2D eigenvalue weighted by molar-refractivity contribution is 8.14. The summed E-state index contributed by atoms with van der Waals surface area (Å²) in [4.78, 5) is 4.28. The van der Waals surface area contributed by atoms with Gasteiger partial charge in [0.1, 0.15) is 6.20 Å². The molecule has 2 aliphatic rings. The predicted octanol–water partition coefficient (Wildman–Crippen LogP) is -0.0138. The lowest BCUT2D eigenvalue weighted by molar-refractivity contribution is -0.305. The fourth-order valence-electron chi connectivity index (χ4n) is 0.953. The zero-order chi connectivity index (χ0) is 6.97. The van der Waals surface area contributed by atoms with Gasteiger partial charge in [0.25, 0.3) is 0 Å². The number of hydrogen-bond acceptors (Lipinski definition) is 3. The molecule has 2 N–H and O–H groups in total. The van der Waals surface area contributed by atoms with Gasteiger partial charge < -0.3 is 5.73 Å². The molecule has 0 aromatic rings. The van der Waals surface area contributed by atoms with Gasteiger partial charge in [-0.15, -0.1) is 0 Å². The van der Waals surface area contributed by atoms with E-state index in [9.17, 15) is 0 Å². The number of nitrogens with zero attached hydrogens (tertiary/aromatic N) is 2. The molecule has 0 aromatic carbocycles. The quantitative estimate of drug-likeness (QED) is 0.539. The van der Waals surface area contributed by atoms with Crippen LogP contribution in [0.2, 0.25) is 0 Å². The molecule has 2 aliphatic heterocycles. The highest BCUT2D eigenvalue weighted by Crippen LogP contribution is 2.18. The predicted molar refractivity (Wildman–Crippen MR) is 43.4 cm³/mol. The first-order chi connectivity index (χ1) is 4.90. The molecule has 3 nitrogen and oxygen atoms in total. The minimum absolute atomic E-state index is 0.536. The molecule has 2 heterocycles. The zero-order valence-electron chi connectivity index (χ0n) is 5.45. The van der Waals surface area contributed by atoms with Gasteiger partial charge in [-0.05, 0) is 16.8 Å². The van der Waals surface area contributed by atoms with Crippen LogP contribution < -0.4 is 5.73 Å². The number of thioether (sulfide) groups is 1. The van der Waals surface area contributed by atoms with Crippen LogP contribution in [0.4, 0.5) is 0 Å². The van der Waals surface area contributed by atoms with Crippen molar-refractivity contribution in [1.82, 2.24) is 0 Å². The van der Waals surface area contributed by atoms with Crippen LogP contribution in [-0.2, 0) is 0 Å². The average molecular weight is 154 g/mol. The van der Waals surface area contributed by atoms with Gasteiger partial charge in [-0.3, -0.25) is 0 Å². The Kier molecular flexibility index (Phi) is 1.35. The average Bonchev–Trinajstić information content (AvgIpc) is 2.42. The van der Waals surface area contributed by atoms with Gasteiger partial charge in [0.15, 0.2) is 0 Å². The van der Waals surface area contributed by atoms with Crippen molar-refractivity contribution >= 4 is 23.1 Å². The van der Waals surface area contributed by atoms with Gasteiger partial charge in [0.2, 0.25) is 5.70 Å². The SMILES string of the molecule is NCC1=C[N+]2=CCSC2=N1. The van der Waals surface area contributed by atoms with Gasteiger partial charge in [-0.2, -0.15) is 4.58 Å². The van der Waals surface area contributed by atoms with Crippen LogP contribution in [0.15, 0.2) is 16.9 Å². The van der Waals surface area contributed by atoms with Crippen LogP contribution in [0, 0.1) is 0 Å². The lowest BCUT2D eigenvalue weighted by Gasteiger charge is -1.78. The molecule has 0 aromatic heterocycles. The molecule has 0 saturated heterocycles. The molecule has 0 saturated carbocycles. The summed E-state index contributed by atoms with van der Waals surface area (Å²) < 4.78 is 2.03. The molecular weight excluding hydrogens is 146 g/mol. The standard InChI is InChI=1S/C6H8N3S/c7-3-5-4-9-1-2-10-6(9)8-5/h1,4H,2-3,7H2/q+1. The van der Waals surface area contributed by atoms with E-state index in [2.05, 4.69) is 11.2 Å². The van der Waals surface area contributed by atoms with Crippen LogP contribution in [-0.4, -0.2) is 28.3 Å². The maximum Gasteiger partial charge on any atom is 0.364 e. The smallest absolute Gasteiger partial charge is 0.323 e. The van der Waals surface area contributed by atoms with E-state index in [0.29, 0.717) is 6.54 Å². The first-order valence-electron chi connectivity index (χ1n) is 3.14. The minimum atomic E-state index is 0.536. The molecule has 0 radical (unpaired) electrons. The second-order valence-corrected chi connectivity index (χ2v) is 3.11. The number of rotatable bonds is 1. The molecule has 10 heavy (non-hydrogen) atoms. The number of hydrogen-bond donors (Lipinski definition) is 1. The molecule has 0 aliphatic carbocycles. The molecule has 52 valence electrons. The molecular formula is C6H8N3S+. The Bertz CT molecular complexity index is 252. The number of aliphatic imine (C=N–C) groups is 1. The Morgan fingerprint density at radius 1 is 1.80 bits per heavy atom. The molecule has 0 fully saturated rings. The van der Waals surface area contributed by atoms with Crippen molar-refractivity contribution in [3.05, 3.63) is 11.9 Å². The van der Waals surface area contributed by atoms with Crippen molar-refractivity contribution in [3.63, 3.8) is 0 Å². The van der Waals surface area contributed by atoms with Crippen molar-refractivity contribution in [2.24, 2.45) is 10.7 Å². The summed E-state index contributed by atoms with van der Waals surface area (Å²) in [5, 5.41) is 1.07. The second kappa shape index (κ2) is 2.21. The highest BCUT2D eigenvalue weighted by atomic mass is 32.2. The third-order valence-corrected chi connectivity index (χ3v) is 2.32. The van der Waals surface area contributed by atoms with Crippen molar-refractivity contribution in [1.29, 1.82) is 0 Å². The lowest BCUT2D eigenvalue weighted by Crippen LogP contribution is -2.01. The van der Waals surface area contributed by atoms with Crippen LogP contribution in [0.1, 0.15) is 0 Å². The van der Waals surface area contributed by atoms with E-state index in [1.54, 1.807) is 11.8 Å². The number of amidine groups is 1. The van der Waals surface area contributed by atoms with Crippen LogP contribution in [0.5, 0.6) is 0 Å². The monoisotopic (exact) mass is 154 g/mol. The van der Waals surface area contributed by atoms with E-state index in [-0.39, 0.29) is 0 Å².